The highest BCUT2D eigenvalue weighted by atomic mass is 35.5. The quantitative estimate of drug-likeness (QED) is 0.723. The third-order valence-corrected chi connectivity index (χ3v) is 3.53. The number of hydrogen-bond acceptors (Lipinski definition) is 7. The largest absolute Gasteiger partial charge is 0.337 e. The van der Waals surface area contributed by atoms with Gasteiger partial charge >= 0.3 is 0 Å². The summed E-state index contributed by atoms with van der Waals surface area (Å²) in [6.45, 7) is 4.40. The van der Waals surface area contributed by atoms with Gasteiger partial charge < -0.3 is 9.84 Å². The van der Waals surface area contributed by atoms with E-state index in [9.17, 15) is 0 Å². The summed E-state index contributed by atoms with van der Waals surface area (Å²) in [6.07, 6.45) is 0.708. The molecule has 2 heterocycles. The van der Waals surface area contributed by atoms with Gasteiger partial charge in [0.05, 0.1) is 0 Å². The second-order valence-corrected chi connectivity index (χ2v) is 5.51. The molecule has 3 rings (SSSR count). The predicted molar refractivity (Wildman–Crippen MR) is 90.9 cm³/mol. The van der Waals surface area contributed by atoms with Crippen molar-refractivity contribution in [3.63, 3.8) is 0 Å². The summed E-state index contributed by atoms with van der Waals surface area (Å²) in [6, 6.07) is 8.27. The van der Waals surface area contributed by atoms with Crippen molar-refractivity contribution in [3.05, 3.63) is 41.5 Å². The number of halogens is 1. The standard InChI is InChI=1S/C15H19N7O.ClH/c1-10-4-6-12(7-5-10)15-18-21-22(19-15)9-14-17-13(20-23-14)8-11(2)16-3;/h4-7,11,16H,8-9H2,1-3H3;1H. The van der Waals surface area contributed by atoms with Crippen molar-refractivity contribution in [2.24, 2.45) is 0 Å². The van der Waals surface area contributed by atoms with Gasteiger partial charge in [0.25, 0.3) is 0 Å². The fourth-order valence-electron chi connectivity index (χ4n) is 2.06. The van der Waals surface area contributed by atoms with E-state index < -0.39 is 0 Å². The van der Waals surface area contributed by atoms with E-state index in [1.807, 2.05) is 38.2 Å². The van der Waals surface area contributed by atoms with Crippen LogP contribution in [0.15, 0.2) is 28.8 Å². The average molecular weight is 350 g/mol. The molecule has 1 N–H and O–H groups in total. The second-order valence-electron chi connectivity index (χ2n) is 5.51. The molecule has 0 aliphatic rings. The molecule has 0 spiro atoms. The van der Waals surface area contributed by atoms with Gasteiger partial charge in [0.2, 0.25) is 11.7 Å². The zero-order valence-corrected chi connectivity index (χ0v) is 14.6. The van der Waals surface area contributed by atoms with Crippen LogP contribution in [0.2, 0.25) is 0 Å². The summed E-state index contributed by atoms with van der Waals surface area (Å²) in [7, 11) is 1.90. The zero-order chi connectivity index (χ0) is 16.2. The predicted octanol–water partition coefficient (Wildman–Crippen LogP) is 1.65. The van der Waals surface area contributed by atoms with E-state index in [4.69, 9.17) is 4.52 Å². The molecule has 0 amide bonds. The summed E-state index contributed by atoms with van der Waals surface area (Å²) < 4.78 is 5.23. The molecule has 1 aromatic carbocycles. The number of tetrazole rings is 1. The summed E-state index contributed by atoms with van der Waals surface area (Å²) >= 11 is 0. The molecule has 0 aliphatic carbocycles. The Balaban J connectivity index is 0.00000208. The molecule has 1 atom stereocenters. The molecular weight excluding hydrogens is 330 g/mol. The number of rotatable bonds is 6. The molecule has 0 saturated carbocycles. The summed E-state index contributed by atoms with van der Waals surface area (Å²) in [5, 5.41) is 19.5. The molecule has 2 aromatic heterocycles. The molecule has 0 radical (unpaired) electrons. The van der Waals surface area contributed by atoms with Gasteiger partial charge in [0.1, 0.15) is 6.54 Å². The van der Waals surface area contributed by atoms with Crippen molar-refractivity contribution in [3.8, 4) is 11.4 Å². The Morgan fingerprint density at radius 3 is 2.71 bits per heavy atom. The first-order valence-corrected chi connectivity index (χ1v) is 7.47. The highest BCUT2D eigenvalue weighted by Gasteiger charge is 2.12. The normalized spacial score (nSPS) is 12.0. The maximum Gasteiger partial charge on any atom is 0.250 e. The van der Waals surface area contributed by atoms with Crippen LogP contribution in [0.1, 0.15) is 24.2 Å². The third kappa shape index (κ3) is 4.36. The van der Waals surface area contributed by atoms with Crippen LogP contribution >= 0.6 is 12.4 Å². The molecular formula is C15H20ClN7O. The number of aryl methyl sites for hydroxylation is 1. The highest BCUT2D eigenvalue weighted by Crippen LogP contribution is 2.14. The summed E-state index contributed by atoms with van der Waals surface area (Å²) in [5.74, 6) is 1.71. The molecule has 8 nitrogen and oxygen atoms in total. The van der Waals surface area contributed by atoms with Crippen LogP contribution in [0.4, 0.5) is 0 Å². The average Bonchev–Trinajstić information content (AvgIpc) is 3.18. The van der Waals surface area contributed by atoms with Gasteiger partial charge in [-0.25, -0.2) is 0 Å². The summed E-state index contributed by atoms with van der Waals surface area (Å²) in [4.78, 5) is 5.79. The van der Waals surface area contributed by atoms with Crippen LogP contribution in [-0.4, -0.2) is 43.4 Å². The Morgan fingerprint density at radius 1 is 1.25 bits per heavy atom. The van der Waals surface area contributed by atoms with Crippen molar-refractivity contribution in [2.45, 2.75) is 32.9 Å². The number of benzene rings is 1. The maximum atomic E-state index is 5.23. The minimum Gasteiger partial charge on any atom is -0.337 e. The minimum absolute atomic E-state index is 0. The van der Waals surface area contributed by atoms with Crippen molar-refractivity contribution in [1.29, 1.82) is 0 Å². The lowest BCUT2D eigenvalue weighted by Crippen LogP contribution is -2.24. The van der Waals surface area contributed by atoms with Gasteiger partial charge in [-0.15, -0.1) is 22.6 Å². The lowest BCUT2D eigenvalue weighted by Gasteiger charge is -2.04. The molecule has 128 valence electrons. The first-order chi connectivity index (χ1) is 11.1. The van der Waals surface area contributed by atoms with Crippen LogP contribution in [-0.2, 0) is 13.0 Å². The van der Waals surface area contributed by atoms with E-state index in [1.165, 1.54) is 10.4 Å². The number of likely N-dealkylation sites (N-methyl/N-ethyl adjacent to an activating group) is 1. The Bertz CT molecular complexity index is 768. The molecule has 0 bridgehead atoms. The van der Waals surface area contributed by atoms with E-state index >= 15 is 0 Å². The SMILES string of the molecule is CNC(C)Cc1noc(Cn2nnc(-c3ccc(C)cc3)n2)n1.Cl. The van der Waals surface area contributed by atoms with Crippen molar-refractivity contribution >= 4 is 12.4 Å². The molecule has 0 saturated heterocycles. The number of nitrogens with zero attached hydrogens (tertiary/aromatic N) is 6. The molecule has 24 heavy (non-hydrogen) atoms. The fraction of sp³-hybridized carbons (Fsp3) is 0.400. The first kappa shape index (κ1) is 18.0. The number of hydrogen-bond donors (Lipinski definition) is 1. The monoisotopic (exact) mass is 349 g/mol. The van der Waals surface area contributed by atoms with E-state index in [1.54, 1.807) is 0 Å². The van der Waals surface area contributed by atoms with Gasteiger partial charge in [-0.05, 0) is 26.1 Å². The van der Waals surface area contributed by atoms with E-state index in [-0.39, 0.29) is 18.4 Å². The van der Waals surface area contributed by atoms with E-state index in [2.05, 4.69) is 37.8 Å². The first-order valence-electron chi connectivity index (χ1n) is 7.47. The van der Waals surface area contributed by atoms with Crippen LogP contribution in [0, 0.1) is 6.92 Å². The lowest BCUT2D eigenvalue weighted by atomic mass is 10.1. The summed E-state index contributed by atoms with van der Waals surface area (Å²) in [5.41, 5.74) is 2.12. The van der Waals surface area contributed by atoms with Gasteiger partial charge in [-0.3, -0.25) is 0 Å². The highest BCUT2D eigenvalue weighted by molar-refractivity contribution is 5.85. The Morgan fingerprint density at radius 2 is 2.00 bits per heavy atom. The Labute approximate surface area is 146 Å². The number of nitrogens with one attached hydrogen (secondary N) is 1. The zero-order valence-electron chi connectivity index (χ0n) is 13.8. The van der Waals surface area contributed by atoms with Crippen molar-refractivity contribution < 1.29 is 4.52 Å². The smallest absolute Gasteiger partial charge is 0.250 e. The Hall–Kier alpha value is -2.32. The molecule has 0 fully saturated rings. The van der Waals surface area contributed by atoms with Crippen LogP contribution < -0.4 is 5.32 Å². The third-order valence-electron chi connectivity index (χ3n) is 3.53. The lowest BCUT2D eigenvalue weighted by molar-refractivity contribution is 0.351. The number of aromatic nitrogens is 6. The minimum atomic E-state index is 0. The Kier molecular flexibility index (Phi) is 5.99. The van der Waals surface area contributed by atoms with E-state index in [0.717, 1.165) is 5.56 Å². The second kappa shape index (κ2) is 7.98. The topological polar surface area (TPSA) is 94.6 Å². The van der Waals surface area contributed by atoms with Crippen molar-refractivity contribution in [2.75, 3.05) is 7.05 Å². The molecule has 3 aromatic rings. The van der Waals surface area contributed by atoms with Gasteiger partial charge in [0.15, 0.2) is 5.82 Å². The van der Waals surface area contributed by atoms with Gasteiger partial charge in [-0.2, -0.15) is 9.78 Å². The molecule has 1 unspecified atom stereocenters. The van der Waals surface area contributed by atoms with E-state index in [0.29, 0.717) is 30.5 Å². The van der Waals surface area contributed by atoms with Crippen LogP contribution in [0.3, 0.4) is 0 Å². The molecule has 9 heteroatoms. The maximum absolute atomic E-state index is 5.23. The van der Waals surface area contributed by atoms with Gasteiger partial charge in [-0.1, -0.05) is 35.0 Å². The van der Waals surface area contributed by atoms with Crippen molar-refractivity contribution in [1.82, 2.24) is 35.7 Å². The van der Waals surface area contributed by atoms with Crippen LogP contribution in [0.5, 0.6) is 0 Å². The molecule has 0 aliphatic heterocycles. The van der Waals surface area contributed by atoms with Crippen LogP contribution in [0.25, 0.3) is 11.4 Å². The fourth-order valence-corrected chi connectivity index (χ4v) is 2.06. The van der Waals surface area contributed by atoms with Gasteiger partial charge in [0, 0.05) is 18.0 Å².